The van der Waals surface area contributed by atoms with E-state index in [4.69, 9.17) is 14.2 Å². The zero-order valence-electron chi connectivity index (χ0n) is 50.0. The molecule has 0 rings (SSSR count). The maximum absolute atomic E-state index is 12.9. The van der Waals surface area contributed by atoms with E-state index >= 15 is 0 Å². The zero-order valence-corrected chi connectivity index (χ0v) is 50.0. The molecular weight excluding hydrogens is 937 g/mol. The summed E-state index contributed by atoms with van der Waals surface area (Å²) in [4.78, 5) is 38.2. The van der Waals surface area contributed by atoms with E-state index in [1.165, 1.54) is 173 Å². The van der Waals surface area contributed by atoms with Gasteiger partial charge in [0, 0.05) is 19.3 Å². The van der Waals surface area contributed by atoms with E-state index in [0.717, 1.165) is 89.9 Å². The van der Waals surface area contributed by atoms with Gasteiger partial charge in [0.05, 0.1) is 0 Å². The van der Waals surface area contributed by atoms with Crippen LogP contribution in [0.4, 0.5) is 0 Å². The van der Waals surface area contributed by atoms with E-state index in [1.54, 1.807) is 0 Å². The fourth-order valence-electron chi connectivity index (χ4n) is 8.99. The van der Waals surface area contributed by atoms with Gasteiger partial charge < -0.3 is 14.2 Å². The molecule has 0 spiro atoms. The molecule has 0 aliphatic rings. The van der Waals surface area contributed by atoms with Crippen LogP contribution >= 0.6 is 0 Å². The van der Waals surface area contributed by atoms with Crippen molar-refractivity contribution in [3.63, 3.8) is 0 Å². The van der Waals surface area contributed by atoms with Gasteiger partial charge in [-0.2, -0.15) is 0 Å². The lowest BCUT2D eigenvalue weighted by atomic mass is 10.0. The number of unbranched alkanes of at least 4 members (excludes halogenated alkanes) is 31. The lowest BCUT2D eigenvalue weighted by Gasteiger charge is -2.18. The molecule has 1 atom stereocenters. The van der Waals surface area contributed by atoms with Crippen LogP contribution < -0.4 is 0 Å². The van der Waals surface area contributed by atoms with Crippen LogP contribution in [0.5, 0.6) is 0 Å². The summed E-state index contributed by atoms with van der Waals surface area (Å²) in [6.45, 7) is 6.46. The quantitative estimate of drug-likeness (QED) is 0.0261. The number of hydrogen-bond donors (Lipinski definition) is 0. The van der Waals surface area contributed by atoms with Crippen molar-refractivity contribution < 1.29 is 28.6 Å². The van der Waals surface area contributed by atoms with Gasteiger partial charge in [0.25, 0.3) is 0 Å². The SMILES string of the molecule is CC/C=C\C/C=C\C/C=C\C/C=C\C/C=C\C/C=C\CCC(=O)OC(COC(=O)CCCCCCC/C=C\CCCCC)COC(=O)CCCCCCCCCCCCCCCCC/C=C\CCCCCCCCCC. The molecule has 0 bridgehead atoms. The Morgan fingerprint density at radius 3 is 0.882 bits per heavy atom. The van der Waals surface area contributed by atoms with Crippen molar-refractivity contribution in [1.29, 1.82) is 0 Å². The van der Waals surface area contributed by atoms with Gasteiger partial charge in [-0.3, -0.25) is 14.4 Å². The first-order chi connectivity index (χ1) is 37.5. The van der Waals surface area contributed by atoms with Gasteiger partial charge in [-0.15, -0.1) is 0 Å². The van der Waals surface area contributed by atoms with Gasteiger partial charge >= 0.3 is 17.9 Å². The topological polar surface area (TPSA) is 78.9 Å². The number of rotatable bonds is 58. The highest BCUT2D eigenvalue weighted by Gasteiger charge is 2.19. The molecule has 0 aliphatic heterocycles. The molecule has 0 fully saturated rings. The summed E-state index contributed by atoms with van der Waals surface area (Å²) in [6, 6.07) is 0. The number of ether oxygens (including phenoxy) is 3. The van der Waals surface area contributed by atoms with E-state index < -0.39 is 12.1 Å². The van der Waals surface area contributed by atoms with E-state index in [0.29, 0.717) is 19.3 Å². The molecule has 0 aromatic carbocycles. The fraction of sp³-hybridized carbons (Fsp3) is 0.729. The Bertz CT molecular complexity index is 1490. The highest BCUT2D eigenvalue weighted by atomic mass is 16.6. The first-order valence-electron chi connectivity index (χ1n) is 32.2. The minimum atomic E-state index is -0.822. The maximum atomic E-state index is 12.9. The first-order valence-corrected chi connectivity index (χ1v) is 32.2. The molecule has 76 heavy (non-hydrogen) atoms. The molecule has 0 N–H and O–H groups in total. The normalized spacial score (nSPS) is 12.7. The first kappa shape index (κ1) is 72.3. The van der Waals surface area contributed by atoms with Gasteiger partial charge in [0.2, 0.25) is 0 Å². The summed E-state index contributed by atoms with van der Waals surface area (Å²) in [5.74, 6) is -0.996. The van der Waals surface area contributed by atoms with Crippen LogP contribution in [0.2, 0.25) is 0 Å². The summed E-state index contributed by atoms with van der Waals surface area (Å²) in [6.07, 6.45) is 85.8. The molecule has 0 aromatic heterocycles. The molecule has 0 saturated heterocycles. The Balaban J connectivity index is 4.33. The van der Waals surface area contributed by atoms with Gasteiger partial charge in [-0.1, -0.05) is 279 Å². The van der Waals surface area contributed by atoms with E-state index in [9.17, 15) is 14.4 Å². The van der Waals surface area contributed by atoms with Gasteiger partial charge in [0.15, 0.2) is 6.10 Å². The van der Waals surface area contributed by atoms with E-state index in [-0.39, 0.29) is 31.6 Å². The lowest BCUT2D eigenvalue weighted by Crippen LogP contribution is -2.30. The Morgan fingerprint density at radius 2 is 0.539 bits per heavy atom. The molecule has 436 valence electrons. The van der Waals surface area contributed by atoms with Gasteiger partial charge in [0.1, 0.15) is 13.2 Å². The smallest absolute Gasteiger partial charge is 0.306 e. The monoisotopic (exact) mass is 1060 g/mol. The van der Waals surface area contributed by atoms with Gasteiger partial charge in [-0.05, 0) is 109 Å². The van der Waals surface area contributed by atoms with Crippen molar-refractivity contribution >= 4 is 17.9 Å². The molecular formula is C70H120O6. The number of carbonyl (C=O) groups is 3. The number of hydrogen-bond acceptors (Lipinski definition) is 6. The molecule has 0 saturated carbocycles. The largest absolute Gasteiger partial charge is 0.462 e. The average Bonchev–Trinajstić information content (AvgIpc) is 3.42. The Morgan fingerprint density at radius 1 is 0.276 bits per heavy atom. The zero-order chi connectivity index (χ0) is 55.0. The average molecular weight is 1060 g/mol. The lowest BCUT2D eigenvalue weighted by molar-refractivity contribution is -0.166. The van der Waals surface area contributed by atoms with Crippen molar-refractivity contribution in [2.24, 2.45) is 0 Å². The van der Waals surface area contributed by atoms with E-state index in [1.807, 2.05) is 6.08 Å². The second-order valence-electron chi connectivity index (χ2n) is 21.3. The van der Waals surface area contributed by atoms with Crippen molar-refractivity contribution in [2.75, 3.05) is 13.2 Å². The van der Waals surface area contributed by atoms with Crippen LogP contribution in [0.25, 0.3) is 0 Å². The van der Waals surface area contributed by atoms with Crippen molar-refractivity contribution in [3.05, 3.63) is 97.2 Å². The second kappa shape index (κ2) is 63.9. The molecule has 6 heteroatoms. The number of allylic oxidation sites excluding steroid dienone is 16. The highest BCUT2D eigenvalue weighted by molar-refractivity contribution is 5.71. The molecule has 0 radical (unpaired) electrons. The van der Waals surface area contributed by atoms with Crippen LogP contribution in [0.3, 0.4) is 0 Å². The van der Waals surface area contributed by atoms with Crippen LogP contribution in [-0.2, 0) is 28.6 Å². The second-order valence-corrected chi connectivity index (χ2v) is 21.3. The van der Waals surface area contributed by atoms with E-state index in [2.05, 4.69) is 112 Å². The summed E-state index contributed by atoms with van der Waals surface area (Å²) in [7, 11) is 0. The molecule has 0 amide bonds. The van der Waals surface area contributed by atoms with Crippen LogP contribution in [0.1, 0.15) is 310 Å². The predicted molar refractivity (Wildman–Crippen MR) is 330 cm³/mol. The summed E-state index contributed by atoms with van der Waals surface area (Å²) >= 11 is 0. The Labute approximate surface area is 470 Å². The summed E-state index contributed by atoms with van der Waals surface area (Å²) in [5.41, 5.74) is 0. The Kier molecular flexibility index (Phi) is 60.8. The molecule has 0 aromatic rings. The Hall–Kier alpha value is -3.67. The van der Waals surface area contributed by atoms with Crippen LogP contribution in [0, 0.1) is 0 Å². The summed E-state index contributed by atoms with van der Waals surface area (Å²) < 4.78 is 16.8. The maximum Gasteiger partial charge on any atom is 0.306 e. The molecule has 1 unspecified atom stereocenters. The third-order valence-electron chi connectivity index (χ3n) is 13.8. The third kappa shape index (κ3) is 61.2. The summed E-state index contributed by atoms with van der Waals surface area (Å²) in [5, 5.41) is 0. The molecule has 0 aliphatic carbocycles. The van der Waals surface area contributed by atoms with Crippen LogP contribution in [0.15, 0.2) is 97.2 Å². The van der Waals surface area contributed by atoms with Crippen LogP contribution in [-0.4, -0.2) is 37.2 Å². The highest BCUT2D eigenvalue weighted by Crippen LogP contribution is 2.16. The minimum Gasteiger partial charge on any atom is -0.462 e. The third-order valence-corrected chi connectivity index (χ3v) is 13.8. The van der Waals surface area contributed by atoms with Gasteiger partial charge in [-0.25, -0.2) is 0 Å². The molecule has 0 heterocycles. The van der Waals surface area contributed by atoms with Crippen molar-refractivity contribution in [2.45, 2.75) is 316 Å². The van der Waals surface area contributed by atoms with Crippen molar-refractivity contribution in [3.8, 4) is 0 Å². The number of esters is 3. The molecule has 6 nitrogen and oxygen atoms in total. The number of carbonyl (C=O) groups excluding carboxylic acids is 3. The van der Waals surface area contributed by atoms with Crippen molar-refractivity contribution in [1.82, 2.24) is 0 Å². The standard InChI is InChI=1S/C70H120O6/c1-4-7-10-13-16-19-22-25-27-29-31-32-33-34-35-36-37-38-40-41-43-45-48-51-54-57-60-63-69(72)75-66-67(65-74-68(71)62-59-56-53-50-47-24-21-18-15-12-9-6-3)76-70(73)64-61-58-55-52-49-46-44-42-39-30-28-26-23-20-17-14-11-8-5-2/h8,11,17-18,20-21,26,28-29,31,39,42,46,49,55,58,67H,4-7,9-10,12-16,19,22-25,27,30,32-38,40-41,43-45,47-48,50-54,56-57,59-66H2,1-3H3/b11-8-,20-17-,21-18-,28-26-,31-29-,42-39-,49-46-,58-55-. The fourth-order valence-corrected chi connectivity index (χ4v) is 8.99. The minimum absolute atomic E-state index is 0.109. The predicted octanol–water partition coefficient (Wildman–Crippen LogP) is 22.0.